The normalized spacial score (nSPS) is 12.4. The summed E-state index contributed by atoms with van der Waals surface area (Å²) >= 11 is 1.34. The first-order chi connectivity index (χ1) is 25.2. The van der Waals surface area contributed by atoms with E-state index in [4.69, 9.17) is 4.74 Å². The van der Waals surface area contributed by atoms with Crippen molar-refractivity contribution in [3.8, 4) is 28.3 Å². The minimum absolute atomic E-state index is 0.0711. The summed E-state index contributed by atoms with van der Waals surface area (Å²) in [5, 5.41) is 15.0. The second-order valence-corrected chi connectivity index (χ2v) is 15.4. The van der Waals surface area contributed by atoms with Gasteiger partial charge in [0.25, 0.3) is 5.91 Å². The van der Waals surface area contributed by atoms with E-state index in [2.05, 4.69) is 27.5 Å². The molecule has 2 unspecified atom stereocenters. The van der Waals surface area contributed by atoms with Crippen molar-refractivity contribution in [1.29, 1.82) is 0 Å². The van der Waals surface area contributed by atoms with Crippen molar-refractivity contribution in [2.24, 2.45) is 0 Å². The predicted molar refractivity (Wildman–Crippen MR) is 208 cm³/mol. The third kappa shape index (κ3) is 12.2. The molecule has 12 heteroatoms. The molecule has 2 heterocycles. The van der Waals surface area contributed by atoms with E-state index in [0.29, 0.717) is 22.9 Å². The molecule has 2 aromatic heterocycles. The molecule has 0 aliphatic rings. The summed E-state index contributed by atoms with van der Waals surface area (Å²) in [6, 6.07) is 16.2. The Morgan fingerprint density at radius 3 is 2.04 bits per heavy atom. The highest BCUT2D eigenvalue weighted by atomic mass is 32.1. The summed E-state index contributed by atoms with van der Waals surface area (Å²) in [5.74, 6) is -1.61. The van der Waals surface area contributed by atoms with Crippen LogP contribution in [0.15, 0.2) is 73.1 Å². The van der Waals surface area contributed by atoms with E-state index in [1.165, 1.54) is 56.0 Å². The van der Waals surface area contributed by atoms with Gasteiger partial charge in [-0.25, -0.2) is 14.8 Å². The lowest BCUT2D eigenvalue weighted by atomic mass is 9.95. The van der Waals surface area contributed by atoms with Gasteiger partial charge in [0.1, 0.15) is 17.8 Å². The van der Waals surface area contributed by atoms with Gasteiger partial charge in [0.15, 0.2) is 5.82 Å². The van der Waals surface area contributed by atoms with Crippen molar-refractivity contribution in [3.63, 3.8) is 0 Å². The fourth-order valence-electron chi connectivity index (χ4n) is 5.42. The number of carboxylic acids is 1. The molecule has 0 aliphatic carbocycles. The fraction of sp³-hybridized carbons (Fsp3) is 0.415. The number of benzene rings is 2. The monoisotopic (exact) mass is 741 g/mol. The van der Waals surface area contributed by atoms with Gasteiger partial charge >= 0.3 is 5.97 Å². The number of ether oxygens (including phenoxy) is 1. The van der Waals surface area contributed by atoms with Gasteiger partial charge in [-0.2, -0.15) is 0 Å². The molecule has 2 aromatic carbocycles. The summed E-state index contributed by atoms with van der Waals surface area (Å²) < 4.78 is 5.89. The lowest BCUT2D eigenvalue weighted by molar-refractivity contribution is -0.145. The standard InChI is InChI=1S/C41H51N5O6S/c1-7-8-9-10-11-22-52-31-18-16-28(17-19-31)30-25-42-37(43-26-30)29-14-12-27(13-15-29)23-32(38(48)45-33(40(50)51)24-36(47)46(5)6)44-39(49)34-20-21-35(53-34)41(2,3)4/h12-21,25-26,32-33H,7-11,22-24H2,1-6H3,(H,44,49)(H,45,48)(H,50,51). The van der Waals surface area contributed by atoms with E-state index in [9.17, 15) is 24.3 Å². The Morgan fingerprint density at radius 1 is 0.811 bits per heavy atom. The molecule has 282 valence electrons. The van der Waals surface area contributed by atoms with Gasteiger partial charge in [0.2, 0.25) is 11.8 Å². The van der Waals surface area contributed by atoms with Crippen LogP contribution in [0, 0.1) is 0 Å². The molecule has 0 saturated heterocycles. The van der Waals surface area contributed by atoms with E-state index >= 15 is 0 Å². The Kier molecular flexibility index (Phi) is 14.7. The molecule has 0 spiro atoms. The largest absolute Gasteiger partial charge is 0.494 e. The first-order valence-electron chi connectivity index (χ1n) is 18.0. The summed E-state index contributed by atoms with van der Waals surface area (Å²) in [6.07, 6.45) is 9.14. The Labute approximate surface area is 316 Å². The molecule has 0 saturated carbocycles. The number of thiophene rings is 1. The minimum atomic E-state index is -1.47. The number of aromatic nitrogens is 2. The highest BCUT2D eigenvalue weighted by Crippen LogP contribution is 2.29. The Morgan fingerprint density at radius 2 is 1.45 bits per heavy atom. The number of nitrogens with zero attached hydrogens (tertiary/aromatic N) is 3. The molecule has 3 amide bonds. The van der Waals surface area contributed by atoms with Gasteiger partial charge in [0.05, 0.1) is 17.9 Å². The lowest BCUT2D eigenvalue weighted by Crippen LogP contribution is -2.53. The van der Waals surface area contributed by atoms with E-state index in [1.807, 2.05) is 75.4 Å². The Bertz CT molecular complexity index is 1820. The number of aliphatic carboxylic acids is 1. The van der Waals surface area contributed by atoms with E-state index in [0.717, 1.165) is 33.7 Å². The number of hydrogen-bond acceptors (Lipinski definition) is 8. The topological polar surface area (TPSA) is 151 Å². The van der Waals surface area contributed by atoms with Crippen LogP contribution in [-0.4, -0.2) is 76.5 Å². The quantitative estimate of drug-likeness (QED) is 0.0932. The van der Waals surface area contributed by atoms with Crippen LogP contribution in [0.4, 0.5) is 0 Å². The molecule has 4 aromatic rings. The molecule has 4 rings (SSSR count). The number of rotatable bonds is 18. The van der Waals surface area contributed by atoms with Crippen molar-refractivity contribution in [3.05, 3.63) is 88.4 Å². The van der Waals surface area contributed by atoms with Crippen LogP contribution in [0.25, 0.3) is 22.5 Å². The molecule has 0 fully saturated rings. The predicted octanol–water partition coefficient (Wildman–Crippen LogP) is 6.91. The number of nitrogens with one attached hydrogen (secondary N) is 2. The molecule has 2 atom stereocenters. The average molecular weight is 742 g/mol. The van der Waals surface area contributed by atoms with Crippen molar-refractivity contribution < 1.29 is 29.0 Å². The number of hydrogen-bond donors (Lipinski definition) is 3. The lowest BCUT2D eigenvalue weighted by Gasteiger charge is -2.22. The first kappa shape index (κ1) is 40.7. The highest BCUT2D eigenvalue weighted by molar-refractivity contribution is 7.14. The summed E-state index contributed by atoms with van der Waals surface area (Å²) in [6.45, 7) is 9.06. The molecule has 0 bridgehead atoms. The minimum Gasteiger partial charge on any atom is -0.494 e. The van der Waals surface area contributed by atoms with E-state index < -0.39 is 42.2 Å². The van der Waals surface area contributed by atoms with Crippen molar-refractivity contribution in [2.75, 3.05) is 20.7 Å². The van der Waals surface area contributed by atoms with Crippen LogP contribution in [-0.2, 0) is 26.2 Å². The van der Waals surface area contributed by atoms with Gasteiger partial charge in [0, 0.05) is 48.9 Å². The van der Waals surface area contributed by atoms with Crippen LogP contribution in [0.5, 0.6) is 5.75 Å². The molecule has 0 radical (unpaired) electrons. The van der Waals surface area contributed by atoms with Gasteiger partial charge in [-0.3, -0.25) is 14.4 Å². The number of unbranched alkanes of at least 4 members (excludes halogenated alkanes) is 4. The molecular weight excluding hydrogens is 691 g/mol. The van der Waals surface area contributed by atoms with Crippen molar-refractivity contribution in [1.82, 2.24) is 25.5 Å². The summed E-state index contributed by atoms with van der Waals surface area (Å²) in [7, 11) is 3.02. The van der Waals surface area contributed by atoms with Crippen LogP contribution < -0.4 is 15.4 Å². The molecule has 0 aliphatic heterocycles. The van der Waals surface area contributed by atoms with Crippen LogP contribution in [0.3, 0.4) is 0 Å². The zero-order valence-electron chi connectivity index (χ0n) is 31.5. The van der Waals surface area contributed by atoms with Gasteiger partial charge in [-0.15, -0.1) is 11.3 Å². The number of amides is 3. The first-order valence-corrected chi connectivity index (χ1v) is 18.9. The molecular formula is C41H51N5O6S. The van der Waals surface area contributed by atoms with Crippen molar-refractivity contribution in [2.45, 2.75) is 90.1 Å². The van der Waals surface area contributed by atoms with E-state index in [-0.39, 0.29) is 11.8 Å². The van der Waals surface area contributed by atoms with Crippen LogP contribution >= 0.6 is 11.3 Å². The Balaban J connectivity index is 1.45. The maximum atomic E-state index is 13.6. The van der Waals surface area contributed by atoms with Gasteiger partial charge in [-0.1, -0.05) is 89.8 Å². The van der Waals surface area contributed by atoms with Crippen LogP contribution in [0.1, 0.15) is 86.3 Å². The number of carbonyl (C=O) groups excluding carboxylic acids is 3. The maximum Gasteiger partial charge on any atom is 0.326 e. The highest BCUT2D eigenvalue weighted by Gasteiger charge is 2.30. The number of carbonyl (C=O) groups is 4. The van der Waals surface area contributed by atoms with Crippen LogP contribution in [0.2, 0.25) is 0 Å². The SMILES string of the molecule is CCCCCCCOc1ccc(-c2cnc(-c3ccc(CC(NC(=O)c4ccc(C(C)(C)C)s4)C(=O)NC(CC(=O)N(C)C)C(=O)O)cc3)nc2)cc1. The second kappa shape index (κ2) is 19.1. The average Bonchev–Trinajstić information content (AvgIpc) is 3.65. The Hall–Kier alpha value is -5.10. The van der Waals surface area contributed by atoms with Crippen molar-refractivity contribution >= 4 is 35.0 Å². The smallest absolute Gasteiger partial charge is 0.326 e. The summed E-state index contributed by atoms with van der Waals surface area (Å²) in [5.41, 5.74) is 3.16. The van der Waals surface area contributed by atoms with Gasteiger partial charge in [-0.05, 0) is 47.2 Å². The van der Waals surface area contributed by atoms with E-state index in [1.54, 1.807) is 18.5 Å². The fourth-order valence-corrected chi connectivity index (χ4v) is 6.39. The molecule has 11 nitrogen and oxygen atoms in total. The number of carboxylic acid groups (broad SMARTS) is 1. The second-order valence-electron chi connectivity index (χ2n) is 14.3. The molecule has 53 heavy (non-hydrogen) atoms. The summed E-state index contributed by atoms with van der Waals surface area (Å²) in [4.78, 5) is 63.0. The zero-order valence-corrected chi connectivity index (χ0v) is 32.3. The maximum absolute atomic E-state index is 13.6. The van der Waals surface area contributed by atoms with Gasteiger partial charge < -0.3 is 25.4 Å². The zero-order chi connectivity index (χ0) is 38.5. The third-order valence-corrected chi connectivity index (χ3v) is 10.2. The third-order valence-electron chi connectivity index (χ3n) is 8.69. The molecule has 3 N–H and O–H groups in total.